The van der Waals surface area contributed by atoms with E-state index in [0.717, 1.165) is 12.2 Å². The Kier molecular flexibility index (Phi) is 2.72. The number of rotatable bonds is 3. The number of aromatic amines is 1. The molecule has 3 heteroatoms. The molecule has 3 nitrogen and oxygen atoms in total. The highest BCUT2D eigenvalue weighted by molar-refractivity contribution is 5.46. The first-order valence-electron chi connectivity index (χ1n) is 5.00. The molecule has 1 heterocycles. The molecular formula is C12H15N3. The van der Waals surface area contributed by atoms with Crippen LogP contribution in [0.15, 0.2) is 36.7 Å². The molecule has 1 aromatic heterocycles. The maximum Gasteiger partial charge on any atom is 0.110 e. The van der Waals surface area contributed by atoms with Crippen LogP contribution >= 0.6 is 0 Å². The van der Waals surface area contributed by atoms with E-state index in [-0.39, 0.29) is 0 Å². The lowest BCUT2D eigenvalue weighted by atomic mass is 10.1. The van der Waals surface area contributed by atoms with E-state index in [1.54, 1.807) is 6.20 Å². The zero-order valence-electron chi connectivity index (χ0n) is 9.07. The first kappa shape index (κ1) is 9.77. The summed E-state index contributed by atoms with van der Waals surface area (Å²) in [6, 6.07) is 8.52. The number of H-pyrrole nitrogens is 1. The van der Waals surface area contributed by atoms with Crippen molar-refractivity contribution in [2.75, 3.05) is 19.0 Å². The molecule has 0 bridgehead atoms. The van der Waals surface area contributed by atoms with Crippen molar-refractivity contribution in [3.05, 3.63) is 48.0 Å². The van der Waals surface area contributed by atoms with Gasteiger partial charge in [-0.05, 0) is 17.7 Å². The van der Waals surface area contributed by atoms with Crippen LogP contribution in [0.1, 0.15) is 11.4 Å². The van der Waals surface area contributed by atoms with Crippen molar-refractivity contribution in [1.82, 2.24) is 9.97 Å². The van der Waals surface area contributed by atoms with E-state index in [9.17, 15) is 0 Å². The molecule has 2 rings (SSSR count). The van der Waals surface area contributed by atoms with Crippen LogP contribution in [0.25, 0.3) is 0 Å². The Bertz CT molecular complexity index is 401. The summed E-state index contributed by atoms with van der Waals surface area (Å²) in [4.78, 5) is 9.40. The van der Waals surface area contributed by atoms with Gasteiger partial charge in [0.15, 0.2) is 0 Å². The van der Waals surface area contributed by atoms with Crippen LogP contribution in [0, 0.1) is 0 Å². The summed E-state index contributed by atoms with van der Waals surface area (Å²) < 4.78 is 0. The van der Waals surface area contributed by atoms with Gasteiger partial charge in [0.2, 0.25) is 0 Å². The van der Waals surface area contributed by atoms with E-state index in [1.165, 1.54) is 11.3 Å². The molecule has 0 saturated carbocycles. The minimum atomic E-state index is 0.862. The van der Waals surface area contributed by atoms with Gasteiger partial charge in [-0.3, -0.25) is 0 Å². The SMILES string of the molecule is CN(C)c1ccc(Cc2ncc[nH]2)cc1. The molecule has 0 aliphatic carbocycles. The van der Waals surface area contributed by atoms with Gasteiger partial charge in [-0.2, -0.15) is 0 Å². The Morgan fingerprint density at radius 3 is 2.47 bits per heavy atom. The van der Waals surface area contributed by atoms with E-state index < -0.39 is 0 Å². The second-order valence-corrected chi connectivity index (χ2v) is 3.77. The standard InChI is InChI=1S/C12H15N3/c1-15(2)11-5-3-10(4-6-11)9-12-13-7-8-14-12/h3-8H,9H2,1-2H3,(H,13,14). The van der Waals surface area contributed by atoms with Gasteiger partial charge < -0.3 is 9.88 Å². The molecule has 1 N–H and O–H groups in total. The van der Waals surface area contributed by atoms with Gasteiger partial charge in [-0.25, -0.2) is 4.98 Å². The molecule has 0 aliphatic rings. The number of hydrogen-bond donors (Lipinski definition) is 1. The molecule has 1 aromatic carbocycles. The summed E-state index contributed by atoms with van der Waals surface area (Å²) in [5, 5.41) is 0. The second kappa shape index (κ2) is 4.17. The van der Waals surface area contributed by atoms with E-state index >= 15 is 0 Å². The maximum absolute atomic E-state index is 4.20. The topological polar surface area (TPSA) is 31.9 Å². The Hall–Kier alpha value is -1.77. The molecule has 0 atom stereocenters. The summed E-state index contributed by atoms with van der Waals surface area (Å²) in [6.07, 6.45) is 4.49. The second-order valence-electron chi connectivity index (χ2n) is 3.77. The van der Waals surface area contributed by atoms with Crippen LogP contribution in [0.4, 0.5) is 5.69 Å². The lowest BCUT2D eigenvalue weighted by Gasteiger charge is -2.12. The zero-order chi connectivity index (χ0) is 10.7. The van der Waals surface area contributed by atoms with Gasteiger partial charge in [0.1, 0.15) is 5.82 Å². The van der Waals surface area contributed by atoms with Crippen molar-refractivity contribution in [1.29, 1.82) is 0 Å². The van der Waals surface area contributed by atoms with Gasteiger partial charge in [0, 0.05) is 38.6 Å². The molecule has 0 spiro atoms. The van der Waals surface area contributed by atoms with Crippen LogP contribution in [-0.4, -0.2) is 24.1 Å². The fourth-order valence-corrected chi connectivity index (χ4v) is 1.50. The number of benzene rings is 1. The van der Waals surface area contributed by atoms with Crippen molar-refractivity contribution in [2.24, 2.45) is 0 Å². The molecule has 0 amide bonds. The molecule has 0 saturated heterocycles. The largest absolute Gasteiger partial charge is 0.378 e. The normalized spacial score (nSPS) is 10.3. The van der Waals surface area contributed by atoms with Crippen molar-refractivity contribution in [2.45, 2.75) is 6.42 Å². The predicted molar refractivity (Wildman–Crippen MR) is 62.2 cm³/mol. The van der Waals surface area contributed by atoms with Gasteiger partial charge in [0.05, 0.1) is 0 Å². The minimum Gasteiger partial charge on any atom is -0.378 e. The third kappa shape index (κ3) is 2.37. The quantitative estimate of drug-likeness (QED) is 0.824. The molecule has 0 radical (unpaired) electrons. The van der Waals surface area contributed by atoms with Crippen molar-refractivity contribution >= 4 is 5.69 Å². The average Bonchev–Trinajstić information content (AvgIpc) is 2.71. The molecule has 78 valence electrons. The Morgan fingerprint density at radius 2 is 1.93 bits per heavy atom. The van der Waals surface area contributed by atoms with Crippen molar-refractivity contribution < 1.29 is 0 Å². The zero-order valence-corrected chi connectivity index (χ0v) is 9.07. The van der Waals surface area contributed by atoms with E-state index in [4.69, 9.17) is 0 Å². The minimum absolute atomic E-state index is 0.862. The maximum atomic E-state index is 4.20. The Balaban J connectivity index is 2.11. The van der Waals surface area contributed by atoms with Gasteiger partial charge >= 0.3 is 0 Å². The van der Waals surface area contributed by atoms with Gasteiger partial charge in [-0.1, -0.05) is 12.1 Å². The van der Waals surface area contributed by atoms with Crippen LogP contribution in [0.3, 0.4) is 0 Å². The van der Waals surface area contributed by atoms with Crippen molar-refractivity contribution in [3.8, 4) is 0 Å². The molecule has 0 fully saturated rings. The van der Waals surface area contributed by atoms with Gasteiger partial charge in [-0.15, -0.1) is 0 Å². The number of imidazole rings is 1. The lowest BCUT2D eigenvalue weighted by molar-refractivity contribution is 1.02. The van der Waals surface area contributed by atoms with Crippen LogP contribution in [-0.2, 0) is 6.42 Å². The van der Waals surface area contributed by atoms with E-state index in [2.05, 4.69) is 39.1 Å². The summed E-state index contributed by atoms with van der Waals surface area (Å²) in [6.45, 7) is 0. The number of hydrogen-bond acceptors (Lipinski definition) is 2. The first-order valence-corrected chi connectivity index (χ1v) is 5.00. The van der Waals surface area contributed by atoms with E-state index in [1.807, 2.05) is 20.3 Å². The summed E-state index contributed by atoms with van der Waals surface area (Å²) in [5.41, 5.74) is 2.49. The highest BCUT2D eigenvalue weighted by atomic mass is 15.1. The third-order valence-electron chi connectivity index (χ3n) is 2.38. The lowest BCUT2D eigenvalue weighted by Crippen LogP contribution is -2.08. The number of nitrogens with zero attached hydrogens (tertiary/aromatic N) is 2. The summed E-state index contributed by atoms with van der Waals surface area (Å²) in [5.74, 6) is 1.01. The van der Waals surface area contributed by atoms with Crippen molar-refractivity contribution in [3.63, 3.8) is 0 Å². The molecular weight excluding hydrogens is 186 g/mol. The highest BCUT2D eigenvalue weighted by Crippen LogP contribution is 2.13. The monoisotopic (exact) mass is 201 g/mol. The Labute approximate surface area is 89.8 Å². The van der Waals surface area contributed by atoms with Crippen LogP contribution in [0.2, 0.25) is 0 Å². The fourth-order valence-electron chi connectivity index (χ4n) is 1.50. The third-order valence-corrected chi connectivity index (χ3v) is 2.38. The smallest absolute Gasteiger partial charge is 0.110 e. The molecule has 15 heavy (non-hydrogen) atoms. The predicted octanol–water partition coefficient (Wildman–Crippen LogP) is 2.07. The Morgan fingerprint density at radius 1 is 1.20 bits per heavy atom. The fraction of sp³-hybridized carbons (Fsp3) is 0.250. The average molecular weight is 201 g/mol. The summed E-state index contributed by atoms with van der Waals surface area (Å²) >= 11 is 0. The molecule has 0 aliphatic heterocycles. The van der Waals surface area contributed by atoms with Crippen LogP contribution < -0.4 is 4.90 Å². The molecule has 0 unspecified atom stereocenters. The number of nitrogens with one attached hydrogen (secondary N) is 1. The highest BCUT2D eigenvalue weighted by Gasteiger charge is 1.99. The van der Waals surface area contributed by atoms with Gasteiger partial charge in [0.25, 0.3) is 0 Å². The summed E-state index contributed by atoms with van der Waals surface area (Å²) in [7, 11) is 4.09. The van der Waals surface area contributed by atoms with E-state index in [0.29, 0.717) is 0 Å². The number of anilines is 1. The molecule has 2 aromatic rings. The first-order chi connectivity index (χ1) is 7.25. The van der Waals surface area contributed by atoms with Crippen LogP contribution in [0.5, 0.6) is 0 Å². The number of aromatic nitrogens is 2.